The molecule has 196 valence electrons. The van der Waals surface area contributed by atoms with Crippen molar-refractivity contribution in [2.45, 2.75) is 45.5 Å². The quantitative estimate of drug-likeness (QED) is 0.494. The van der Waals surface area contributed by atoms with Gasteiger partial charge in [0.05, 0.1) is 5.41 Å². The molecule has 12 heteroatoms. The van der Waals surface area contributed by atoms with Gasteiger partial charge in [-0.15, -0.1) is 0 Å². The van der Waals surface area contributed by atoms with Crippen molar-refractivity contribution in [1.29, 1.82) is 0 Å². The molecule has 1 heterocycles. The number of amides is 1. The number of ketones is 1. The van der Waals surface area contributed by atoms with E-state index in [2.05, 4.69) is 9.64 Å². The Hall–Kier alpha value is -2.34. The Morgan fingerprint density at radius 2 is 1.77 bits per heavy atom. The Morgan fingerprint density at radius 1 is 1.14 bits per heavy atom. The monoisotopic (exact) mass is 520 g/mol. The first-order valence-corrected chi connectivity index (χ1v) is 13.4. The number of aryl methyl sites for hydroxylation is 1. The molecule has 8 nitrogen and oxygen atoms in total. The van der Waals surface area contributed by atoms with E-state index in [0.717, 1.165) is 24.3 Å². The van der Waals surface area contributed by atoms with E-state index >= 15 is 0 Å². The summed E-state index contributed by atoms with van der Waals surface area (Å²) in [5, 5.41) is 0. The Kier molecular flexibility index (Phi) is 8.05. The molecule has 2 aliphatic rings. The molecular weight excluding hydrogens is 489 g/mol. The van der Waals surface area contributed by atoms with Crippen molar-refractivity contribution in [3.63, 3.8) is 0 Å². The summed E-state index contributed by atoms with van der Waals surface area (Å²) in [5.41, 5.74) is 1.06. The zero-order valence-electron chi connectivity index (χ0n) is 20.1. The molecule has 1 amide bonds. The summed E-state index contributed by atoms with van der Waals surface area (Å²) < 4.78 is 71.5. The zero-order chi connectivity index (χ0) is 26.0. The molecule has 1 aromatic rings. The maximum absolute atomic E-state index is 12.6. The number of hydrogen-bond donors (Lipinski definition) is 0. The van der Waals surface area contributed by atoms with Crippen LogP contribution in [0.1, 0.15) is 30.9 Å². The van der Waals surface area contributed by atoms with E-state index in [4.69, 9.17) is 4.74 Å². The first-order chi connectivity index (χ1) is 16.2. The molecule has 0 spiro atoms. The van der Waals surface area contributed by atoms with E-state index in [1.54, 1.807) is 0 Å². The number of carbonyl (C=O) groups is 2. The fraction of sp³-hybridized carbons (Fsp3) is 0.652. The maximum atomic E-state index is 12.6. The number of ether oxygens (including phenoxy) is 2. The van der Waals surface area contributed by atoms with Crippen LogP contribution in [-0.4, -0.2) is 87.2 Å². The molecule has 0 radical (unpaired) electrons. The number of Topliss-reactive ketones (excluding diaryl/α,β-unsaturated/α-hetero) is 1. The van der Waals surface area contributed by atoms with Gasteiger partial charge in [0.25, 0.3) is 0 Å². The first kappa shape index (κ1) is 27.3. The molecule has 0 aromatic heterocycles. The number of benzene rings is 1. The fourth-order valence-electron chi connectivity index (χ4n) is 3.81. The Morgan fingerprint density at radius 3 is 2.31 bits per heavy atom. The van der Waals surface area contributed by atoms with Gasteiger partial charge in [-0.3, -0.25) is 9.69 Å². The third-order valence-corrected chi connectivity index (χ3v) is 7.11. The molecule has 35 heavy (non-hydrogen) atoms. The minimum Gasteiger partial charge on any atom is -0.492 e. The van der Waals surface area contributed by atoms with Gasteiger partial charge >= 0.3 is 12.3 Å². The molecule has 1 aliphatic carbocycles. The lowest BCUT2D eigenvalue weighted by molar-refractivity contribution is -0.200. The third kappa shape index (κ3) is 7.57. The predicted octanol–water partition coefficient (Wildman–Crippen LogP) is 2.97. The van der Waals surface area contributed by atoms with Crippen molar-refractivity contribution in [3.05, 3.63) is 29.3 Å². The van der Waals surface area contributed by atoms with Crippen LogP contribution < -0.4 is 4.74 Å². The average molecular weight is 521 g/mol. The minimum absolute atomic E-state index is 0.106. The van der Waals surface area contributed by atoms with Crippen LogP contribution in [-0.2, 0) is 25.9 Å². The van der Waals surface area contributed by atoms with E-state index in [1.165, 1.54) is 4.90 Å². The molecule has 0 N–H and O–H groups in total. The van der Waals surface area contributed by atoms with Gasteiger partial charge in [-0.1, -0.05) is 12.1 Å². The van der Waals surface area contributed by atoms with Crippen LogP contribution in [0, 0.1) is 12.3 Å². The number of rotatable bonds is 9. The summed E-state index contributed by atoms with van der Waals surface area (Å²) in [6.07, 6.45) is -5.53. The lowest BCUT2D eigenvalue weighted by Gasteiger charge is -2.35. The molecule has 1 aromatic carbocycles. The number of nitrogens with zero attached hydrogens (tertiary/aromatic N) is 2. The molecule has 1 aliphatic heterocycles. The topological polar surface area (TPSA) is 93.2 Å². The van der Waals surface area contributed by atoms with Crippen LogP contribution in [0.4, 0.5) is 18.0 Å². The Balaban J connectivity index is 1.57. The number of halogens is 3. The van der Waals surface area contributed by atoms with Crippen molar-refractivity contribution in [2.24, 2.45) is 5.41 Å². The molecule has 2 fully saturated rings. The van der Waals surface area contributed by atoms with E-state index in [9.17, 15) is 31.2 Å². The zero-order valence-corrected chi connectivity index (χ0v) is 20.9. The standard InChI is InChI=1S/C23H31F3N2O6S/c1-16-4-5-18(19(12-16)33-15-22(6-7-22)20(29)14-35(3,31)32)13-27-8-10-28(11-9-27)21(30)34-17(2)23(24,25)26/h4-5,12,17H,6-11,13-15H2,1-3H3. The highest BCUT2D eigenvalue weighted by Gasteiger charge is 2.51. The minimum atomic E-state index is -4.60. The van der Waals surface area contributed by atoms with Gasteiger partial charge in [0, 0.05) is 44.5 Å². The Labute approximate surface area is 203 Å². The number of hydrogen-bond acceptors (Lipinski definition) is 7. The van der Waals surface area contributed by atoms with Crippen molar-refractivity contribution in [2.75, 3.05) is 44.8 Å². The van der Waals surface area contributed by atoms with Crippen LogP contribution in [0.5, 0.6) is 5.75 Å². The number of sulfone groups is 1. The van der Waals surface area contributed by atoms with E-state index in [-0.39, 0.29) is 25.5 Å². The van der Waals surface area contributed by atoms with Gasteiger partial charge in [-0.25, -0.2) is 13.2 Å². The molecule has 1 unspecified atom stereocenters. The number of piperazine rings is 1. The highest BCUT2D eigenvalue weighted by Crippen LogP contribution is 2.47. The highest BCUT2D eigenvalue weighted by atomic mass is 32.2. The number of alkyl halides is 3. The van der Waals surface area contributed by atoms with Crippen LogP contribution in [0.2, 0.25) is 0 Å². The second-order valence-corrected chi connectivity index (χ2v) is 11.6. The van der Waals surface area contributed by atoms with E-state index < -0.39 is 39.4 Å². The lowest BCUT2D eigenvalue weighted by atomic mass is 10.0. The highest BCUT2D eigenvalue weighted by molar-refractivity contribution is 7.91. The second kappa shape index (κ2) is 10.3. The summed E-state index contributed by atoms with van der Waals surface area (Å²) >= 11 is 0. The normalized spacial score (nSPS) is 19.2. The molecule has 1 saturated carbocycles. The van der Waals surface area contributed by atoms with Gasteiger partial charge in [-0.05, 0) is 38.3 Å². The van der Waals surface area contributed by atoms with Crippen LogP contribution in [0.15, 0.2) is 18.2 Å². The summed E-state index contributed by atoms with van der Waals surface area (Å²) in [4.78, 5) is 27.8. The van der Waals surface area contributed by atoms with Crippen molar-refractivity contribution >= 4 is 21.7 Å². The van der Waals surface area contributed by atoms with E-state index in [0.29, 0.717) is 38.2 Å². The summed E-state index contributed by atoms with van der Waals surface area (Å²) in [5.74, 6) is -0.216. The molecule has 1 saturated heterocycles. The summed E-state index contributed by atoms with van der Waals surface area (Å²) in [6.45, 7) is 4.65. The fourth-order valence-corrected chi connectivity index (χ4v) is 4.59. The maximum Gasteiger partial charge on any atom is 0.425 e. The predicted molar refractivity (Wildman–Crippen MR) is 122 cm³/mol. The molecular formula is C23H31F3N2O6S. The molecule has 0 bridgehead atoms. The largest absolute Gasteiger partial charge is 0.492 e. The summed E-state index contributed by atoms with van der Waals surface area (Å²) in [6, 6.07) is 5.70. The molecule has 3 rings (SSSR count). The Bertz CT molecular complexity index is 1050. The average Bonchev–Trinajstić information content (AvgIpc) is 3.54. The summed E-state index contributed by atoms with van der Waals surface area (Å²) in [7, 11) is -3.41. The van der Waals surface area contributed by atoms with Crippen molar-refractivity contribution < 1.29 is 40.7 Å². The van der Waals surface area contributed by atoms with Gasteiger partial charge in [0.1, 0.15) is 18.1 Å². The lowest BCUT2D eigenvalue weighted by Crippen LogP contribution is -2.49. The third-order valence-electron chi connectivity index (χ3n) is 6.33. The smallest absolute Gasteiger partial charge is 0.425 e. The van der Waals surface area contributed by atoms with Gasteiger partial charge in [0.2, 0.25) is 0 Å². The second-order valence-electron chi connectivity index (χ2n) is 9.50. The SMILES string of the molecule is Cc1ccc(CN2CCN(C(=O)OC(C)C(F)(F)F)CC2)c(OCC2(C(=O)CS(C)(=O)=O)CC2)c1. The van der Waals surface area contributed by atoms with Gasteiger partial charge in [-0.2, -0.15) is 13.2 Å². The number of carbonyl (C=O) groups excluding carboxylic acids is 2. The van der Waals surface area contributed by atoms with E-state index in [1.807, 2.05) is 25.1 Å². The molecule has 1 atom stereocenters. The van der Waals surface area contributed by atoms with Gasteiger partial charge in [0.15, 0.2) is 21.7 Å². The van der Waals surface area contributed by atoms with Crippen LogP contribution in [0.25, 0.3) is 0 Å². The van der Waals surface area contributed by atoms with Crippen LogP contribution in [0.3, 0.4) is 0 Å². The van der Waals surface area contributed by atoms with Gasteiger partial charge < -0.3 is 14.4 Å². The van der Waals surface area contributed by atoms with Crippen molar-refractivity contribution in [3.8, 4) is 5.75 Å². The van der Waals surface area contributed by atoms with Crippen LogP contribution >= 0.6 is 0 Å². The van der Waals surface area contributed by atoms with Crippen molar-refractivity contribution in [1.82, 2.24) is 9.80 Å². The first-order valence-electron chi connectivity index (χ1n) is 11.4.